The van der Waals surface area contributed by atoms with Crippen LogP contribution in [0.2, 0.25) is 0 Å². The molecule has 1 aliphatic carbocycles. The number of aliphatic hydroxyl groups is 1. The molecular formula is C26H29FN2O3S. The van der Waals surface area contributed by atoms with Gasteiger partial charge in [-0.25, -0.2) is 12.8 Å². The predicted molar refractivity (Wildman–Crippen MR) is 125 cm³/mol. The van der Waals surface area contributed by atoms with E-state index in [0.717, 1.165) is 30.5 Å². The zero-order valence-corrected chi connectivity index (χ0v) is 19.3. The van der Waals surface area contributed by atoms with Gasteiger partial charge in [-0.1, -0.05) is 24.0 Å². The molecule has 3 fully saturated rings. The maximum absolute atomic E-state index is 13.4. The van der Waals surface area contributed by atoms with Gasteiger partial charge < -0.3 is 5.11 Å². The molecule has 3 atom stereocenters. The van der Waals surface area contributed by atoms with Gasteiger partial charge in [-0.2, -0.15) is 4.31 Å². The molecule has 2 aliphatic heterocycles. The van der Waals surface area contributed by atoms with Crippen LogP contribution in [0, 0.1) is 23.6 Å². The average Bonchev–Trinajstić information content (AvgIpc) is 3.62. The minimum atomic E-state index is -3.73. The van der Waals surface area contributed by atoms with Crippen LogP contribution in [0.15, 0.2) is 53.4 Å². The topological polar surface area (TPSA) is 60.9 Å². The summed E-state index contributed by atoms with van der Waals surface area (Å²) in [5, 5.41) is 10.1. The van der Waals surface area contributed by atoms with E-state index in [4.69, 9.17) is 0 Å². The maximum Gasteiger partial charge on any atom is 0.243 e. The van der Waals surface area contributed by atoms with Crippen LogP contribution in [0.1, 0.15) is 42.7 Å². The lowest BCUT2D eigenvalue weighted by Gasteiger charge is -2.57. The first-order chi connectivity index (χ1) is 16.0. The first-order valence-corrected chi connectivity index (χ1v) is 13.2. The van der Waals surface area contributed by atoms with E-state index in [0.29, 0.717) is 19.0 Å². The summed E-state index contributed by atoms with van der Waals surface area (Å²) in [6.07, 6.45) is 4.01. The van der Waals surface area contributed by atoms with Crippen molar-refractivity contribution in [2.24, 2.45) is 5.92 Å². The molecule has 0 amide bonds. The Morgan fingerprint density at radius 2 is 1.70 bits per heavy atom. The van der Waals surface area contributed by atoms with Crippen molar-refractivity contribution in [3.05, 3.63) is 65.5 Å². The summed E-state index contributed by atoms with van der Waals surface area (Å²) in [5.41, 5.74) is 2.09. The van der Waals surface area contributed by atoms with Crippen LogP contribution in [0.3, 0.4) is 0 Å². The Hall–Kier alpha value is -2.24. The van der Waals surface area contributed by atoms with E-state index < -0.39 is 15.8 Å². The number of nitrogens with zero attached hydrogens (tertiary/aromatic N) is 2. The zero-order chi connectivity index (χ0) is 23.0. The van der Waals surface area contributed by atoms with Crippen LogP contribution in [-0.2, 0) is 10.0 Å². The second-order valence-electron chi connectivity index (χ2n) is 9.27. The zero-order valence-electron chi connectivity index (χ0n) is 18.5. The number of hydrogen-bond acceptors (Lipinski definition) is 4. The van der Waals surface area contributed by atoms with E-state index in [1.165, 1.54) is 41.4 Å². The Morgan fingerprint density at radius 3 is 2.36 bits per heavy atom. The summed E-state index contributed by atoms with van der Waals surface area (Å²) in [6.45, 7) is 1.68. The number of benzene rings is 2. The molecule has 174 valence electrons. The number of hydrogen-bond donors (Lipinski definition) is 1. The summed E-state index contributed by atoms with van der Waals surface area (Å²) < 4.78 is 41.5. The van der Waals surface area contributed by atoms with Crippen LogP contribution in [-0.4, -0.2) is 61.1 Å². The molecule has 2 aromatic carbocycles. The van der Waals surface area contributed by atoms with Crippen molar-refractivity contribution in [2.75, 3.05) is 26.2 Å². The van der Waals surface area contributed by atoms with E-state index >= 15 is 0 Å². The van der Waals surface area contributed by atoms with Gasteiger partial charge in [0.2, 0.25) is 10.0 Å². The molecular weight excluding hydrogens is 439 g/mol. The summed E-state index contributed by atoms with van der Waals surface area (Å²) in [7, 11) is -3.73. The van der Waals surface area contributed by atoms with E-state index in [1.54, 1.807) is 0 Å². The predicted octanol–water partition coefficient (Wildman–Crippen LogP) is 3.20. The van der Waals surface area contributed by atoms with Gasteiger partial charge >= 0.3 is 0 Å². The van der Waals surface area contributed by atoms with E-state index in [9.17, 15) is 17.9 Å². The van der Waals surface area contributed by atoms with Crippen LogP contribution in [0.25, 0.3) is 0 Å². The molecule has 2 saturated heterocycles. The molecule has 33 heavy (non-hydrogen) atoms. The molecule has 5 rings (SSSR count). The second kappa shape index (κ2) is 9.19. The molecule has 0 unspecified atom stereocenters. The van der Waals surface area contributed by atoms with Crippen molar-refractivity contribution < 1.29 is 17.9 Å². The van der Waals surface area contributed by atoms with Crippen LogP contribution < -0.4 is 0 Å². The molecule has 5 nitrogen and oxygen atoms in total. The smallest absolute Gasteiger partial charge is 0.243 e. The van der Waals surface area contributed by atoms with Crippen molar-refractivity contribution in [1.29, 1.82) is 0 Å². The summed E-state index contributed by atoms with van der Waals surface area (Å²) in [5.74, 6) is 6.65. The fourth-order valence-corrected chi connectivity index (χ4v) is 6.58. The molecule has 2 heterocycles. The third kappa shape index (κ3) is 4.58. The monoisotopic (exact) mass is 468 g/mol. The molecule has 1 N–H and O–H groups in total. The average molecular weight is 469 g/mol. The van der Waals surface area contributed by atoms with Gasteiger partial charge in [0, 0.05) is 42.6 Å². The SMILES string of the molecule is O=S(=O)(c1ccc(F)cc1)N1CCCCN2[C@@H](CO)[C@@H](c3ccc(C#CC4CC4)cc3)[C@@H]2C1. The summed E-state index contributed by atoms with van der Waals surface area (Å²) in [4.78, 5) is 2.36. The number of sulfonamides is 1. The van der Waals surface area contributed by atoms with E-state index in [-0.39, 0.29) is 29.5 Å². The normalized spacial score (nSPS) is 26.3. The van der Waals surface area contributed by atoms with Crippen LogP contribution >= 0.6 is 0 Å². The van der Waals surface area contributed by atoms with E-state index in [1.807, 2.05) is 12.1 Å². The minimum absolute atomic E-state index is 0.0129. The highest BCUT2D eigenvalue weighted by Gasteiger charge is 2.50. The third-order valence-corrected chi connectivity index (χ3v) is 8.96. The van der Waals surface area contributed by atoms with Gasteiger partial charge in [-0.05, 0) is 74.2 Å². The van der Waals surface area contributed by atoms with Gasteiger partial charge in [0.05, 0.1) is 11.5 Å². The molecule has 0 aromatic heterocycles. The molecule has 7 heteroatoms. The highest BCUT2D eigenvalue weighted by Crippen LogP contribution is 2.42. The van der Waals surface area contributed by atoms with Crippen molar-refractivity contribution in [1.82, 2.24) is 9.21 Å². The minimum Gasteiger partial charge on any atom is -0.395 e. The van der Waals surface area contributed by atoms with Crippen LogP contribution in [0.4, 0.5) is 4.39 Å². The molecule has 0 spiro atoms. The lowest BCUT2D eigenvalue weighted by molar-refractivity contribution is -0.0553. The lowest BCUT2D eigenvalue weighted by atomic mass is 9.74. The first kappa shape index (κ1) is 22.5. The van der Waals surface area contributed by atoms with Gasteiger partial charge in [0.25, 0.3) is 0 Å². The Morgan fingerprint density at radius 1 is 1.00 bits per heavy atom. The van der Waals surface area contributed by atoms with Crippen molar-refractivity contribution in [2.45, 2.75) is 48.6 Å². The summed E-state index contributed by atoms with van der Waals surface area (Å²) in [6, 6.07) is 13.2. The summed E-state index contributed by atoms with van der Waals surface area (Å²) >= 11 is 0. The maximum atomic E-state index is 13.4. The van der Waals surface area contributed by atoms with Gasteiger partial charge in [-0.15, -0.1) is 0 Å². The number of rotatable bonds is 4. The van der Waals surface area contributed by atoms with Crippen molar-refractivity contribution in [3.63, 3.8) is 0 Å². The highest BCUT2D eigenvalue weighted by molar-refractivity contribution is 7.89. The Kier molecular flexibility index (Phi) is 6.28. The van der Waals surface area contributed by atoms with Gasteiger partial charge in [0.15, 0.2) is 0 Å². The quantitative estimate of drug-likeness (QED) is 0.700. The fourth-order valence-electron chi connectivity index (χ4n) is 5.08. The Balaban J connectivity index is 1.39. The molecule has 0 bridgehead atoms. The fraction of sp³-hybridized carbons (Fsp3) is 0.462. The molecule has 3 aliphatic rings. The van der Waals surface area contributed by atoms with Gasteiger partial charge in [-0.3, -0.25) is 4.90 Å². The molecule has 1 saturated carbocycles. The third-order valence-electron chi connectivity index (χ3n) is 7.08. The standard InChI is InChI=1S/C26H29FN2O3S/c27-22-11-13-23(14-12-22)33(31,32)28-15-1-2-16-29-24(17-28)26(25(29)18-30)21-9-7-20(8-10-21)6-5-19-3-4-19/h7-14,19,24-26,30H,1-4,15-18H2/t24-,25-,26-/m0/s1. The molecule has 2 aromatic rings. The highest BCUT2D eigenvalue weighted by atomic mass is 32.2. The van der Waals surface area contributed by atoms with Crippen LogP contribution in [0.5, 0.6) is 0 Å². The molecule has 0 radical (unpaired) electrons. The first-order valence-electron chi connectivity index (χ1n) is 11.7. The van der Waals surface area contributed by atoms with Crippen molar-refractivity contribution in [3.8, 4) is 11.8 Å². The number of halogens is 1. The Bertz CT molecular complexity index is 1150. The number of aliphatic hydroxyl groups excluding tert-OH is 1. The number of fused-ring (bicyclic) bond motifs is 1. The van der Waals surface area contributed by atoms with E-state index in [2.05, 4.69) is 28.9 Å². The Labute approximate surface area is 195 Å². The lowest BCUT2D eigenvalue weighted by Crippen LogP contribution is -2.67. The second-order valence-corrected chi connectivity index (χ2v) is 11.2. The van der Waals surface area contributed by atoms with Crippen molar-refractivity contribution >= 4 is 10.0 Å². The largest absolute Gasteiger partial charge is 0.395 e. The van der Waals surface area contributed by atoms with Gasteiger partial charge in [0.1, 0.15) is 5.82 Å².